The summed E-state index contributed by atoms with van der Waals surface area (Å²) < 4.78 is 42.0. The molecule has 0 spiro atoms. The summed E-state index contributed by atoms with van der Waals surface area (Å²) in [6.07, 6.45) is 1.20. The van der Waals surface area contributed by atoms with Gasteiger partial charge in [-0.2, -0.15) is 0 Å². The Morgan fingerprint density at radius 1 is 0.875 bits per heavy atom. The molecule has 4 rings (SSSR count). The van der Waals surface area contributed by atoms with Crippen molar-refractivity contribution in [1.29, 1.82) is 0 Å². The molecule has 40 heavy (non-hydrogen) atoms. The maximum Gasteiger partial charge on any atom is 0.244 e. The van der Waals surface area contributed by atoms with Crippen LogP contribution in [-0.4, -0.2) is 50.5 Å². The number of carbonyl (C=O) groups is 2. The highest BCUT2D eigenvalue weighted by atomic mass is 32.2. The molecule has 0 aliphatic carbocycles. The molecule has 0 aliphatic rings. The van der Waals surface area contributed by atoms with E-state index < -0.39 is 40.2 Å². The first-order valence-corrected chi connectivity index (χ1v) is 14.8. The third kappa shape index (κ3) is 6.84. The fourth-order valence-corrected chi connectivity index (χ4v) is 5.54. The van der Waals surface area contributed by atoms with E-state index in [0.29, 0.717) is 17.6 Å². The topological polar surface area (TPSA) is 86.8 Å². The Bertz CT molecular complexity index is 1590. The predicted octanol–water partition coefficient (Wildman–Crippen LogP) is 4.52. The highest BCUT2D eigenvalue weighted by Crippen LogP contribution is 2.29. The van der Waals surface area contributed by atoms with Crippen LogP contribution >= 0.6 is 0 Å². The van der Waals surface area contributed by atoms with Gasteiger partial charge in [-0.05, 0) is 30.0 Å². The van der Waals surface area contributed by atoms with Gasteiger partial charge in [0.25, 0.3) is 0 Å². The molecular weight excluding hydrogens is 529 g/mol. The van der Waals surface area contributed by atoms with Gasteiger partial charge in [-0.15, -0.1) is 0 Å². The summed E-state index contributed by atoms with van der Waals surface area (Å²) in [5.74, 6) is -1.57. The molecule has 1 unspecified atom stereocenters. The van der Waals surface area contributed by atoms with Gasteiger partial charge in [0.15, 0.2) is 0 Å². The number of carbonyl (C=O) groups excluding carboxylic acids is 2. The maximum absolute atomic E-state index is 14.8. The molecule has 0 saturated carbocycles. The zero-order valence-electron chi connectivity index (χ0n) is 22.5. The predicted molar refractivity (Wildman–Crippen MR) is 156 cm³/mol. The Hall–Kier alpha value is -4.24. The van der Waals surface area contributed by atoms with Crippen LogP contribution in [0, 0.1) is 5.82 Å². The maximum atomic E-state index is 14.8. The molecular formula is C31H32FN3O4S. The molecule has 1 N–H and O–H groups in total. The molecule has 4 aromatic rings. The Morgan fingerprint density at radius 3 is 2.23 bits per heavy atom. The molecule has 2 amide bonds. The molecule has 0 heterocycles. The van der Waals surface area contributed by atoms with Crippen molar-refractivity contribution < 1.29 is 22.4 Å². The van der Waals surface area contributed by atoms with Crippen LogP contribution in [0.3, 0.4) is 0 Å². The average molecular weight is 562 g/mol. The van der Waals surface area contributed by atoms with Crippen molar-refractivity contribution in [3.8, 4) is 0 Å². The van der Waals surface area contributed by atoms with Gasteiger partial charge in [0.05, 0.1) is 11.9 Å². The quantitative estimate of drug-likeness (QED) is 0.292. The minimum atomic E-state index is -3.92. The molecule has 0 bridgehead atoms. The number of likely N-dealkylation sites (N-methyl/N-ethyl adjacent to an activating group) is 1. The molecule has 7 nitrogen and oxygen atoms in total. The van der Waals surface area contributed by atoms with E-state index in [9.17, 15) is 22.4 Å². The Balaban J connectivity index is 1.78. The molecule has 208 valence electrons. The average Bonchev–Trinajstić information content (AvgIpc) is 2.94. The molecule has 0 fully saturated rings. The van der Waals surface area contributed by atoms with Crippen molar-refractivity contribution in [2.24, 2.45) is 0 Å². The standard InChI is InChI=1S/C31H32FN3O4S/c1-3-33-31(37)29(20-23-12-5-4-6-13-23)34(21-25-15-8-10-18-27(25)32)30(36)22-35(40(2,38)39)28-19-11-16-24-14-7-9-17-26(24)28/h4-19,29H,3,20-22H2,1-2H3,(H,33,37). The number of sulfonamides is 1. The Kier molecular flexibility index (Phi) is 9.16. The lowest BCUT2D eigenvalue weighted by atomic mass is 10.0. The van der Waals surface area contributed by atoms with E-state index in [1.54, 1.807) is 49.4 Å². The number of nitrogens with zero attached hydrogens (tertiary/aromatic N) is 2. The first-order chi connectivity index (χ1) is 19.2. The van der Waals surface area contributed by atoms with Gasteiger partial charge < -0.3 is 10.2 Å². The van der Waals surface area contributed by atoms with Crippen LogP contribution in [0.1, 0.15) is 18.1 Å². The van der Waals surface area contributed by atoms with Crippen LogP contribution < -0.4 is 9.62 Å². The number of amides is 2. The number of hydrogen-bond acceptors (Lipinski definition) is 4. The number of nitrogens with one attached hydrogen (secondary N) is 1. The highest BCUT2D eigenvalue weighted by Gasteiger charge is 2.33. The highest BCUT2D eigenvalue weighted by molar-refractivity contribution is 7.92. The number of fused-ring (bicyclic) bond motifs is 1. The van der Waals surface area contributed by atoms with Crippen LogP contribution in [0.2, 0.25) is 0 Å². The van der Waals surface area contributed by atoms with Gasteiger partial charge in [-0.1, -0.05) is 84.9 Å². The van der Waals surface area contributed by atoms with E-state index in [2.05, 4.69) is 5.32 Å². The number of hydrogen-bond donors (Lipinski definition) is 1. The summed E-state index contributed by atoms with van der Waals surface area (Å²) in [7, 11) is -3.92. The van der Waals surface area contributed by atoms with E-state index in [0.717, 1.165) is 21.5 Å². The number of benzene rings is 4. The van der Waals surface area contributed by atoms with E-state index in [-0.39, 0.29) is 18.5 Å². The first-order valence-electron chi connectivity index (χ1n) is 13.0. The van der Waals surface area contributed by atoms with E-state index in [1.807, 2.05) is 48.5 Å². The first kappa shape index (κ1) is 28.8. The van der Waals surface area contributed by atoms with Gasteiger partial charge in [-0.3, -0.25) is 13.9 Å². The van der Waals surface area contributed by atoms with Crippen LogP contribution in [0.25, 0.3) is 10.8 Å². The van der Waals surface area contributed by atoms with Gasteiger partial charge >= 0.3 is 0 Å². The Labute approximate surface area is 234 Å². The Morgan fingerprint density at radius 2 is 1.52 bits per heavy atom. The summed E-state index contributed by atoms with van der Waals surface area (Å²) >= 11 is 0. The second-order valence-electron chi connectivity index (χ2n) is 9.48. The summed E-state index contributed by atoms with van der Waals surface area (Å²) in [5.41, 5.74) is 1.37. The third-order valence-corrected chi connectivity index (χ3v) is 7.76. The van der Waals surface area contributed by atoms with Gasteiger partial charge in [0.1, 0.15) is 18.4 Å². The summed E-state index contributed by atoms with van der Waals surface area (Å²) in [6.45, 7) is 1.32. The minimum absolute atomic E-state index is 0.167. The van der Waals surface area contributed by atoms with Crippen LogP contribution in [0.5, 0.6) is 0 Å². The molecule has 1 atom stereocenters. The van der Waals surface area contributed by atoms with Crippen LogP contribution in [0.15, 0.2) is 97.1 Å². The lowest BCUT2D eigenvalue weighted by molar-refractivity contribution is -0.140. The fraction of sp³-hybridized carbons (Fsp3) is 0.226. The SMILES string of the molecule is CCNC(=O)C(Cc1ccccc1)N(Cc1ccccc1F)C(=O)CN(c1cccc2ccccc12)S(C)(=O)=O. The number of rotatable bonds is 11. The second-order valence-corrected chi connectivity index (χ2v) is 11.4. The van der Waals surface area contributed by atoms with Crippen LogP contribution in [0.4, 0.5) is 10.1 Å². The molecule has 9 heteroatoms. The summed E-state index contributed by atoms with van der Waals surface area (Å²) in [5, 5.41) is 4.26. The molecule has 0 aliphatic heterocycles. The van der Waals surface area contributed by atoms with E-state index in [4.69, 9.17) is 0 Å². The summed E-state index contributed by atoms with van der Waals surface area (Å²) in [6, 6.07) is 26.7. The van der Waals surface area contributed by atoms with Crippen molar-refractivity contribution in [3.05, 3.63) is 114 Å². The second kappa shape index (κ2) is 12.7. The lowest BCUT2D eigenvalue weighted by Gasteiger charge is -2.33. The largest absolute Gasteiger partial charge is 0.355 e. The third-order valence-electron chi connectivity index (χ3n) is 6.64. The van der Waals surface area contributed by atoms with Gasteiger partial charge in [-0.25, -0.2) is 12.8 Å². The van der Waals surface area contributed by atoms with Crippen LogP contribution in [-0.2, 0) is 32.6 Å². The van der Waals surface area contributed by atoms with Crippen molar-refractivity contribution in [2.45, 2.75) is 25.9 Å². The van der Waals surface area contributed by atoms with E-state index in [1.165, 1.54) is 11.0 Å². The van der Waals surface area contributed by atoms with Gasteiger partial charge in [0, 0.05) is 30.5 Å². The monoisotopic (exact) mass is 561 g/mol. The van der Waals surface area contributed by atoms with Gasteiger partial charge in [0.2, 0.25) is 21.8 Å². The van der Waals surface area contributed by atoms with Crippen molar-refractivity contribution in [1.82, 2.24) is 10.2 Å². The zero-order valence-corrected chi connectivity index (χ0v) is 23.3. The summed E-state index contributed by atoms with van der Waals surface area (Å²) in [4.78, 5) is 28.7. The molecule has 0 aromatic heterocycles. The zero-order chi connectivity index (χ0) is 28.7. The minimum Gasteiger partial charge on any atom is -0.355 e. The van der Waals surface area contributed by atoms with Crippen molar-refractivity contribution >= 4 is 38.3 Å². The van der Waals surface area contributed by atoms with Crippen molar-refractivity contribution in [2.75, 3.05) is 23.7 Å². The number of anilines is 1. The lowest BCUT2D eigenvalue weighted by Crippen LogP contribution is -2.53. The smallest absolute Gasteiger partial charge is 0.244 e. The fourth-order valence-electron chi connectivity index (χ4n) is 4.68. The number of halogens is 1. The normalized spacial score (nSPS) is 12.1. The molecule has 0 radical (unpaired) electrons. The molecule has 4 aromatic carbocycles. The molecule has 0 saturated heterocycles. The van der Waals surface area contributed by atoms with Crippen molar-refractivity contribution in [3.63, 3.8) is 0 Å². The van der Waals surface area contributed by atoms with E-state index >= 15 is 0 Å².